The lowest BCUT2D eigenvalue weighted by molar-refractivity contribution is -0.217. The standard InChI is InChI=1S/C13H24O5/c1-11(2)6-10(16)7-12(3,17)13(11,18)5-4-9(15)8-14/h4-5,9-10,14-18H,6-8H2,1-3H3/t9-,10+,12-,13-/m1/s1. The summed E-state index contributed by atoms with van der Waals surface area (Å²) in [4.78, 5) is 0. The van der Waals surface area contributed by atoms with E-state index in [0.29, 0.717) is 6.42 Å². The average Bonchev–Trinajstić information content (AvgIpc) is 2.21. The zero-order valence-electron chi connectivity index (χ0n) is 11.2. The minimum Gasteiger partial charge on any atom is -0.393 e. The predicted octanol–water partition coefficient (Wildman–Crippen LogP) is -0.441. The van der Waals surface area contributed by atoms with Gasteiger partial charge in [-0.05, 0) is 13.3 Å². The van der Waals surface area contributed by atoms with Gasteiger partial charge in [-0.25, -0.2) is 0 Å². The van der Waals surface area contributed by atoms with Crippen molar-refractivity contribution in [1.82, 2.24) is 0 Å². The first-order valence-corrected chi connectivity index (χ1v) is 6.17. The molecule has 1 saturated carbocycles. The van der Waals surface area contributed by atoms with E-state index in [1.54, 1.807) is 13.8 Å². The van der Waals surface area contributed by atoms with Crippen LogP contribution >= 0.6 is 0 Å². The van der Waals surface area contributed by atoms with E-state index in [0.717, 1.165) is 0 Å². The van der Waals surface area contributed by atoms with Gasteiger partial charge in [-0.2, -0.15) is 0 Å². The Morgan fingerprint density at radius 1 is 1.22 bits per heavy atom. The van der Waals surface area contributed by atoms with E-state index in [9.17, 15) is 20.4 Å². The highest BCUT2D eigenvalue weighted by Gasteiger charge is 2.58. The summed E-state index contributed by atoms with van der Waals surface area (Å²) >= 11 is 0. The Balaban J connectivity index is 3.10. The fraction of sp³-hybridized carbons (Fsp3) is 0.846. The predicted molar refractivity (Wildman–Crippen MR) is 66.8 cm³/mol. The van der Waals surface area contributed by atoms with Gasteiger partial charge < -0.3 is 25.5 Å². The molecule has 0 aliphatic heterocycles. The lowest BCUT2D eigenvalue weighted by Crippen LogP contribution is -2.65. The van der Waals surface area contributed by atoms with Crippen molar-refractivity contribution in [3.8, 4) is 0 Å². The topological polar surface area (TPSA) is 101 Å². The van der Waals surface area contributed by atoms with Gasteiger partial charge in [-0.1, -0.05) is 26.0 Å². The van der Waals surface area contributed by atoms with E-state index >= 15 is 0 Å². The van der Waals surface area contributed by atoms with Crippen LogP contribution in [0.3, 0.4) is 0 Å². The summed E-state index contributed by atoms with van der Waals surface area (Å²) in [5, 5.41) is 49.0. The zero-order valence-corrected chi connectivity index (χ0v) is 11.2. The molecule has 0 heterocycles. The summed E-state index contributed by atoms with van der Waals surface area (Å²) in [7, 11) is 0. The molecule has 5 N–H and O–H groups in total. The molecule has 0 saturated heterocycles. The molecule has 4 atom stereocenters. The molecule has 0 unspecified atom stereocenters. The number of hydrogen-bond donors (Lipinski definition) is 5. The molecule has 18 heavy (non-hydrogen) atoms. The molecule has 0 amide bonds. The fourth-order valence-corrected chi connectivity index (χ4v) is 2.88. The fourth-order valence-electron chi connectivity index (χ4n) is 2.88. The van der Waals surface area contributed by atoms with Crippen LogP contribution in [-0.2, 0) is 0 Å². The Hall–Kier alpha value is -0.460. The first kappa shape index (κ1) is 15.6. The van der Waals surface area contributed by atoms with Crippen molar-refractivity contribution in [2.45, 2.75) is 57.0 Å². The quantitative estimate of drug-likeness (QED) is 0.443. The largest absolute Gasteiger partial charge is 0.393 e. The minimum atomic E-state index is -1.57. The Kier molecular flexibility index (Phi) is 4.25. The summed E-state index contributed by atoms with van der Waals surface area (Å²) in [6.45, 7) is 4.52. The summed E-state index contributed by atoms with van der Waals surface area (Å²) < 4.78 is 0. The van der Waals surface area contributed by atoms with E-state index < -0.39 is 35.4 Å². The molecular formula is C13H24O5. The maximum Gasteiger partial charge on any atom is 0.116 e. The van der Waals surface area contributed by atoms with Crippen LogP contribution in [0.2, 0.25) is 0 Å². The lowest BCUT2D eigenvalue weighted by atomic mass is 9.57. The van der Waals surface area contributed by atoms with Gasteiger partial charge in [-0.3, -0.25) is 0 Å². The highest BCUT2D eigenvalue weighted by molar-refractivity contribution is 5.21. The Morgan fingerprint density at radius 2 is 1.78 bits per heavy atom. The Bertz CT molecular complexity index is 303. The van der Waals surface area contributed by atoms with Crippen LogP contribution in [0.4, 0.5) is 0 Å². The van der Waals surface area contributed by atoms with Crippen molar-refractivity contribution in [3.63, 3.8) is 0 Å². The molecule has 0 bridgehead atoms. The van der Waals surface area contributed by atoms with Crippen LogP contribution in [0.15, 0.2) is 12.2 Å². The molecular weight excluding hydrogens is 236 g/mol. The summed E-state index contributed by atoms with van der Waals surface area (Å²) in [5.41, 5.74) is -3.82. The first-order chi connectivity index (χ1) is 8.06. The highest BCUT2D eigenvalue weighted by atomic mass is 16.4. The maximum atomic E-state index is 10.7. The molecule has 0 radical (unpaired) electrons. The van der Waals surface area contributed by atoms with Crippen LogP contribution in [0.5, 0.6) is 0 Å². The molecule has 5 heteroatoms. The van der Waals surface area contributed by atoms with E-state index in [1.807, 2.05) is 0 Å². The third kappa shape index (κ3) is 2.60. The number of hydrogen-bond acceptors (Lipinski definition) is 5. The van der Waals surface area contributed by atoms with Crippen molar-refractivity contribution in [3.05, 3.63) is 12.2 Å². The van der Waals surface area contributed by atoms with E-state index in [1.165, 1.54) is 19.1 Å². The number of aliphatic hydroxyl groups is 5. The molecule has 1 aliphatic carbocycles. The van der Waals surface area contributed by atoms with Crippen molar-refractivity contribution < 1.29 is 25.5 Å². The van der Waals surface area contributed by atoms with Crippen LogP contribution in [0, 0.1) is 5.41 Å². The van der Waals surface area contributed by atoms with Gasteiger partial charge in [0.25, 0.3) is 0 Å². The van der Waals surface area contributed by atoms with E-state index in [2.05, 4.69) is 0 Å². The highest BCUT2D eigenvalue weighted by Crippen LogP contribution is 2.50. The van der Waals surface area contributed by atoms with Gasteiger partial charge in [0, 0.05) is 11.8 Å². The molecule has 1 aliphatic rings. The third-order valence-corrected chi connectivity index (χ3v) is 3.98. The second-order valence-electron chi connectivity index (χ2n) is 6.10. The smallest absolute Gasteiger partial charge is 0.116 e. The molecule has 1 rings (SSSR count). The van der Waals surface area contributed by atoms with E-state index in [4.69, 9.17) is 5.11 Å². The van der Waals surface area contributed by atoms with Crippen LogP contribution in [0.25, 0.3) is 0 Å². The average molecular weight is 260 g/mol. The zero-order chi connectivity index (χ0) is 14.2. The Labute approximate surface area is 107 Å². The normalized spacial score (nSPS) is 42.1. The lowest BCUT2D eigenvalue weighted by Gasteiger charge is -2.54. The molecule has 5 nitrogen and oxygen atoms in total. The molecule has 1 fully saturated rings. The van der Waals surface area contributed by atoms with Crippen LogP contribution in [-0.4, -0.2) is 55.5 Å². The van der Waals surface area contributed by atoms with Gasteiger partial charge in [0.1, 0.15) is 5.60 Å². The van der Waals surface area contributed by atoms with Gasteiger partial charge in [-0.15, -0.1) is 0 Å². The number of aliphatic hydroxyl groups excluding tert-OH is 3. The Morgan fingerprint density at radius 3 is 2.22 bits per heavy atom. The van der Waals surface area contributed by atoms with Gasteiger partial charge in [0.05, 0.1) is 24.4 Å². The van der Waals surface area contributed by atoms with Gasteiger partial charge in [0.15, 0.2) is 0 Å². The SMILES string of the molecule is CC1(C)C[C@H](O)C[C@@](C)(O)[C@@]1(O)C=C[C@@H](O)CO. The van der Waals surface area contributed by atoms with Crippen molar-refractivity contribution in [2.24, 2.45) is 5.41 Å². The summed E-state index contributed by atoms with van der Waals surface area (Å²) in [6, 6.07) is 0. The van der Waals surface area contributed by atoms with E-state index in [-0.39, 0.29) is 6.42 Å². The summed E-state index contributed by atoms with van der Waals surface area (Å²) in [6.07, 6.45) is 1.26. The van der Waals surface area contributed by atoms with Gasteiger partial charge >= 0.3 is 0 Å². The van der Waals surface area contributed by atoms with Gasteiger partial charge in [0.2, 0.25) is 0 Å². The number of rotatable bonds is 3. The van der Waals surface area contributed by atoms with Crippen molar-refractivity contribution in [1.29, 1.82) is 0 Å². The third-order valence-electron chi connectivity index (χ3n) is 3.98. The summed E-state index contributed by atoms with van der Waals surface area (Å²) in [5.74, 6) is 0. The monoisotopic (exact) mass is 260 g/mol. The van der Waals surface area contributed by atoms with Crippen LogP contribution in [0.1, 0.15) is 33.6 Å². The molecule has 0 aromatic heterocycles. The molecule has 0 aromatic rings. The first-order valence-electron chi connectivity index (χ1n) is 6.17. The second-order valence-corrected chi connectivity index (χ2v) is 6.10. The van der Waals surface area contributed by atoms with Crippen molar-refractivity contribution in [2.75, 3.05) is 6.61 Å². The second kappa shape index (κ2) is 4.90. The van der Waals surface area contributed by atoms with Crippen molar-refractivity contribution >= 4 is 0 Å². The molecule has 0 spiro atoms. The molecule has 106 valence electrons. The molecule has 0 aromatic carbocycles. The van der Waals surface area contributed by atoms with Crippen LogP contribution < -0.4 is 0 Å². The minimum absolute atomic E-state index is 0.0620. The maximum absolute atomic E-state index is 10.7.